The number of nitrogens with zero attached hydrogens (tertiary/aromatic N) is 1. The van der Waals surface area contributed by atoms with Crippen molar-refractivity contribution >= 4 is 17.6 Å². The maximum atomic E-state index is 12.3. The van der Waals surface area contributed by atoms with Gasteiger partial charge in [-0.3, -0.25) is 9.59 Å². The van der Waals surface area contributed by atoms with E-state index in [1.54, 1.807) is 12.1 Å². The van der Waals surface area contributed by atoms with Gasteiger partial charge in [-0.2, -0.15) is 4.98 Å². The number of hydrogen-bond donors (Lipinski definition) is 2. The molecule has 2 N–H and O–H groups in total. The number of hydrogen-bond acceptors (Lipinski definition) is 5. The number of benzene rings is 1. The number of aliphatic carboxylic acids is 1. The summed E-state index contributed by atoms with van der Waals surface area (Å²) in [6.07, 6.45) is 1.71. The molecule has 1 heterocycles. The van der Waals surface area contributed by atoms with Crippen LogP contribution >= 0.6 is 0 Å². The van der Waals surface area contributed by atoms with Gasteiger partial charge in [0.2, 0.25) is 17.7 Å². The lowest BCUT2D eigenvalue weighted by molar-refractivity contribution is -0.137. The van der Waals surface area contributed by atoms with E-state index in [0.29, 0.717) is 30.3 Å². The van der Waals surface area contributed by atoms with Gasteiger partial charge in [-0.25, -0.2) is 0 Å². The number of nitrogens with one attached hydrogen (secondary N) is 1. The van der Waals surface area contributed by atoms with Crippen LogP contribution in [0.3, 0.4) is 0 Å². The molecule has 170 valence electrons. The molecule has 1 atom stereocenters. The third kappa shape index (κ3) is 9.51. The average molecular weight is 431 g/mol. The van der Waals surface area contributed by atoms with Crippen LogP contribution in [0.25, 0.3) is 0 Å². The second-order valence-corrected chi connectivity index (χ2v) is 7.38. The number of ether oxygens (including phenoxy) is 2. The summed E-state index contributed by atoms with van der Waals surface area (Å²) >= 11 is 0. The van der Waals surface area contributed by atoms with E-state index in [2.05, 4.69) is 48.4 Å². The van der Waals surface area contributed by atoms with E-state index in [-0.39, 0.29) is 24.1 Å². The quantitative estimate of drug-likeness (QED) is 0.542. The molecule has 7 heteroatoms. The summed E-state index contributed by atoms with van der Waals surface area (Å²) in [4.78, 5) is 27.1. The lowest BCUT2D eigenvalue weighted by atomic mass is 9.97. The van der Waals surface area contributed by atoms with Crippen molar-refractivity contribution in [2.75, 3.05) is 19.5 Å². The molecular formula is C24H34N2O5. The summed E-state index contributed by atoms with van der Waals surface area (Å²) < 4.78 is 10.1. The van der Waals surface area contributed by atoms with Gasteiger partial charge in [-0.15, -0.1) is 0 Å². The lowest BCUT2D eigenvalue weighted by Gasteiger charge is -2.16. The van der Waals surface area contributed by atoms with Crippen LogP contribution in [0.5, 0.6) is 11.8 Å². The molecule has 1 unspecified atom stereocenters. The van der Waals surface area contributed by atoms with Gasteiger partial charge in [0.15, 0.2) is 0 Å². The Morgan fingerprint density at radius 3 is 2.19 bits per heavy atom. The fourth-order valence-electron chi connectivity index (χ4n) is 2.91. The first kappa shape index (κ1) is 25.9. The normalized spacial score (nSPS) is 11.2. The van der Waals surface area contributed by atoms with E-state index in [4.69, 9.17) is 14.6 Å². The highest BCUT2D eigenvalue weighted by Crippen LogP contribution is 2.26. The van der Waals surface area contributed by atoms with Crippen molar-refractivity contribution in [1.29, 1.82) is 0 Å². The molecule has 7 nitrogen and oxygen atoms in total. The van der Waals surface area contributed by atoms with Gasteiger partial charge in [-0.05, 0) is 30.4 Å². The monoisotopic (exact) mass is 430 g/mol. The van der Waals surface area contributed by atoms with Gasteiger partial charge in [-0.1, -0.05) is 57.5 Å². The van der Waals surface area contributed by atoms with Crippen molar-refractivity contribution in [2.45, 2.75) is 52.4 Å². The van der Waals surface area contributed by atoms with Crippen molar-refractivity contribution in [3.8, 4) is 11.8 Å². The fraction of sp³-hybridized carbons (Fsp3) is 0.458. The van der Waals surface area contributed by atoms with Crippen LogP contribution in [0.1, 0.15) is 57.9 Å². The molecule has 0 aliphatic heterocycles. The Bertz CT molecular complexity index is 809. The molecule has 0 spiro atoms. The topological polar surface area (TPSA) is 97.8 Å². The Balaban J connectivity index is 0.000000442. The highest BCUT2D eigenvalue weighted by molar-refractivity contribution is 5.93. The summed E-state index contributed by atoms with van der Waals surface area (Å²) in [5.41, 5.74) is 1.85. The van der Waals surface area contributed by atoms with Gasteiger partial charge < -0.3 is 19.9 Å². The number of methoxy groups -OCH3 is 2. The zero-order valence-electron chi connectivity index (χ0n) is 19.1. The molecule has 0 radical (unpaired) electrons. The molecule has 0 saturated heterocycles. The number of anilines is 1. The number of aromatic nitrogens is 1. The Morgan fingerprint density at radius 1 is 1.03 bits per heavy atom. The van der Waals surface area contributed by atoms with E-state index in [0.717, 1.165) is 6.42 Å². The van der Waals surface area contributed by atoms with Crippen LogP contribution < -0.4 is 14.8 Å². The number of carbonyl (C=O) groups excluding carboxylic acids is 1. The van der Waals surface area contributed by atoms with Crippen LogP contribution in [0.15, 0.2) is 42.5 Å². The Kier molecular flexibility index (Phi) is 11.7. The molecule has 0 aliphatic carbocycles. The van der Waals surface area contributed by atoms with Gasteiger partial charge >= 0.3 is 5.97 Å². The molecule has 2 rings (SSSR count). The molecule has 0 saturated carbocycles. The number of carboxylic acids is 1. The highest BCUT2D eigenvalue weighted by atomic mass is 16.5. The fourth-order valence-corrected chi connectivity index (χ4v) is 2.91. The van der Waals surface area contributed by atoms with Crippen molar-refractivity contribution < 1.29 is 24.2 Å². The molecule has 0 aliphatic rings. The van der Waals surface area contributed by atoms with Gasteiger partial charge in [0.1, 0.15) is 5.69 Å². The minimum absolute atomic E-state index is 0.0317. The standard InChI is InChI=1S/C15H22N2O5.C9H12/c1-4-5-10(6-9-13(18)19)14(20)16-11-7-8-12(21-2)17-15(11)22-3;1-8(2)9-6-4-3-5-7-9/h7-8,10H,4-6,9H2,1-3H3,(H,16,20)(H,18,19);3-8H,1-2H3. The Morgan fingerprint density at radius 2 is 1.71 bits per heavy atom. The Hall–Kier alpha value is -3.09. The third-order valence-electron chi connectivity index (χ3n) is 4.68. The molecule has 31 heavy (non-hydrogen) atoms. The molecule has 1 amide bonds. The van der Waals surface area contributed by atoms with E-state index in [1.165, 1.54) is 19.8 Å². The number of carboxylic acid groups (broad SMARTS) is 1. The molecule has 0 fully saturated rings. The number of amides is 1. The van der Waals surface area contributed by atoms with Crippen LogP contribution in [0, 0.1) is 5.92 Å². The SMILES string of the molecule is CC(C)c1ccccc1.CCCC(CCC(=O)O)C(=O)Nc1ccc(OC)nc1OC. The maximum Gasteiger partial charge on any atom is 0.303 e. The minimum Gasteiger partial charge on any atom is -0.481 e. The predicted octanol–water partition coefficient (Wildman–Crippen LogP) is 5.13. The van der Waals surface area contributed by atoms with Gasteiger partial charge in [0.05, 0.1) is 14.2 Å². The van der Waals surface area contributed by atoms with E-state index < -0.39 is 5.97 Å². The molecule has 1 aromatic carbocycles. The molecule has 2 aromatic rings. The zero-order valence-corrected chi connectivity index (χ0v) is 19.1. The Labute approximate surface area is 184 Å². The first-order valence-electron chi connectivity index (χ1n) is 10.5. The molecular weight excluding hydrogens is 396 g/mol. The van der Waals surface area contributed by atoms with E-state index in [1.807, 2.05) is 13.0 Å². The van der Waals surface area contributed by atoms with Gasteiger partial charge in [0.25, 0.3) is 0 Å². The summed E-state index contributed by atoms with van der Waals surface area (Å²) in [5, 5.41) is 11.5. The highest BCUT2D eigenvalue weighted by Gasteiger charge is 2.20. The van der Waals surface area contributed by atoms with Crippen LogP contribution in [0.2, 0.25) is 0 Å². The minimum atomic E-state index is -0.905. The summed E-state index contributed by atoms with van der Waals surface area (Å²) in [6.45, 7) is 6.36. The largest absolute Gasteiger partial charge is 0.481 e. The maximum absolute atomic E-state index is 12.3. The zero-order chi connectivity index (χ0) is 23.2. The summed E-state index contributed by atoms with van der Waals surface area (Å²) in [6, 6.07) is 13.8. The van der Waals surface area contributed by atoms with Crippen molar-refractivity contribution in [2.24, 2.45) is 5.92 Å². The predicted molar refractivity (Wildman–Crippen MR) is 122 cm³/mol. The van der Waals surface area contributed by atoms with E-state index in [9.17, 15) is 9.59 Å². The summed E-state index contributed by atoms with van der Waals surface area (Å²) in [7, 11) is 2.94. The molecule has 1 aromatic heterocycles. The summed E-state index contributed by atoms with van der Waals surface area (Å²) in [5.74, 6) is -0.197. The second kappa shape index (κ2) is 14.0. The van der Waals surface area contributed by atoms with Gasteiger partial charge in [0, 0.05) is 18.4 Å². The van der Waals surface area contributed by atoms with Crippen molar-refractivity contribution in [3.05, 3.63) is 48.0 Å². The van der Waals surface area contributed by atoms with E-state index >= 15 is 0 Å². The first-order chi connectivity index (χ1) is 14.8. The second-order valence-electron chi connectivity index (χ2n) is 7.38. The number of carbonyl (C=O) groups is 2. The molecule has 0 bridgehead atoms. The lowest BCUT2D eigenvalue weighted by Crippen LogP contribution is -2.24. The van der Waals surface area contributed by atoms with Crippen molar-refractivity contribution in [3.63, 3.8) is 0 Å². The first-order valence-corrected chi connectivity index (χ1v) is 10.5. The van der Waals surface area contributed by atoms with Crippen LogP contribution in [-0.2, 0) is 9.59 Å². The van der Waals surface area contributed by atoms with Crippen molar-refractivity contribution in [1.82, 2.24) is 4.98 Å². The van der Waals surface area contributed by atoms with Crippen LogP contribution in [-0.4, -0.2) is 36.2 Å². The smallest absolute Gasteiger partial charge is 0.303 e. The number of pyridine rings is 1. The third-order valence-corrected chi connectivity index (χ3v) is 4.68. The average Bonchev–Trinajstić information content (AvgIpc) is 2.77. The number of rotatable bonds is 10. The van der Waals surface area contributed by atoms with Crippen LogP contribution in [0.4, 0.5) is 5.69 Å².